The van der Waals surface area contributed by atoms with Gasteiger partial charge in [-0.1, -0.05) is 27.3 Å². The Hall–Kier alpha value is -1.80. The molecule has 0 spiro atoms. The van der Waals surface area contributed by atoms with Gasteiger partial charge in [0.1, 0.15) is 4.88 Å². The molecule has 2 aromatic rings. The van der Waals surface area contributed by atoms with Crippen molar-refractivity contribution in [2.45, 2.75) is 19.8 Å². The molecular formula is C14H15BrN4O2S. The van der Waals surface area contributed by atoms with Crippen LogP contribution in [0.4, 0.5) is 5.69 Å². The Morgan fingerprint density at radius 2 is 2.00 bits per heavy atom. The van der Waals surface area contributed by atoms with Crippen LogP contribution >= 0.6 is 27.5 Å². The van der Waals surface area contributed by atoms with Crippen molar-refractivity contribution in [2.24, 2.45) is 0 Å². The van der Waals surface area contributed by atoms with Gasteiger partial charge in [-0.2, -0.15) is 0 Å². The van der Waals surface area contributed by atoms with Crippen LogP contribution in [-0.4, -0.2) is 27.9 Å². The fourth-order valence-corrected chi connectivity index (χ4v) is 2.67. The molecule has 22 heavy (non-hydrogen) atoms. The highest BCUT2D eigenvalue weighted by molar-refractivity contribution is 9.10. The van der Waals surface area contributed by atoms with Crippen molar-refractivity contribution < 1.29 is 9.59 Å². The quantitative estimate of drug-likeness (QED) is 0.803. The van der Waals surface area contributed by atoms with Crippen LogP contribution in [0.3, 0.4) is 0 Å². The second kappa shape index (κ2) is 8.00. The zero-order valence-electron chi connectivity index (χ0n) is 11.9. The minimum absolute atomic E-state index is 0.152. The molecule has 2 amide bonds. The van der Waals surface area contributed by atoms with Gasteiger partial charge in [0, 0.05) is 23.1 Å². The molecule has 6 nitrogen and oxygen atoms in total. The van der Waals surface area contributed by atoms with E-state index in [1.807, 2.05) is 19.1 Å². The standard InChI is InChI=1S/C14H15BrN4O2S/c1-2-11-13(22-19-18-11)14(21)16-8-7-12(20)17-10-5-3-9(15)4-6-10/h3-6H,2,7-8H2,1H3,(H,16,21)(H,17,20). The summed E-state index contributed by atoms with van der Waals surface area (Å²) in [6.07, 6.45) is 0.860. The highest BCUT2D eigenvalue weighted by atomic mass is 79.9. The van der Waals surface area contributed by atoms with E-state index in [0.29, 0.717) is 17.0 Å². The minimum Gasteiger partial charge on any atom is -0.351 e. The molecule has 1 aromatic heterocycles. The van der Waals surface area contributed by atoms with E-state index < -0.39 is 0 Å². The molecule has 1 heterocycles. The average molecular weight is 383 g/mol. The SMILES string of the molecule is CCc1nnsc1C(=O)NCCC(=O)Nc1ccc(Br)cc1. The first-order valence-electron chi connectivity index (χ1n) is 6.75. The van der Waals surface area contributed by atoms with E-state index in [2.05, 4.69) is 36.2 Å². The summed E-state index contributed by atoms with van der Waals surface area (Å²) in [5, 5.41) is 9.36. The maximum Gasteiger partial charge on any atom is 0.264 e. The number of nitrogens with one attached hydrogen (secondary N) is 2. The van der Waals surface area contributed by atoms with Gasteiger partial charge in [-0.15, -0.1) is 5.10 Å². The molecule has 0 atom stereocenters. The van der Waals surface area contributed by atoms with Crippen molar-refractivity contribution in [1.82, 2.24) is 14.9 Å². The highest BCUT2D eigenvalue weighted by Gasteiger charge is 2.14. The molecule has 0 bridgehead atoms. The molecule has 8 heteroatoms. The van der Waals surface area contributed by atoms with Crippen LogP contribution in [0.1, 0.15) is 28.7 Å². The Bertz CT molecular complexity index is 657. The molecular weight excluding hydrogens is 368 g/mol. The number of carbonyl (C=O) groups excluding carboxylic acids is 2. The van der Waals surface area contributed by atoms with Gasteiger partial charge in [0.25, 0.3) is 5.91 Å². The van der Waals surface area contributed by atoms with E-state index in [-0.39, 0.29) is 24.8 Å². The van der Waals surface area contributed by atoms with Gasteiger partial charge in [0.2, 0.25) is 5.91 Å². The first-order chi connectivity index (χ1) is 10.6. The summed E-state index contributed by atoms with van der Waals surface area (Å²) in [5.74, 6) is -0.385. The zero-order chi connectivity index (χ0) is 15.9. The number of rotatable bonds is 6. The third-order valence-corrected chi connectivity index (χ3v) is 4.16. The predicted molar refractivity (Wildman–Crippen MR) is 89.0 cm³/mol. The van der Waals surface area contributed by atoms with Gasteiger partial charge in [-0.25, -0.2) is 0 Å². The van der Waals surface area contributed by atoms with Crippen LogP contribution < -0.4 is 10.6 Å². The van der Waals surface area contributed by atoms with Gasteiger partial charge < -0.3 is 10.6 Å². The van der Waals surface area contributed by atoms with Crippen molar-refractivity contribution in [3.8, 4) is 0 Å². The number of nitrogens with zero attached hydrogens (tertiary/aromatic N) is 2. The highest BCUT2D eigenvalue weighted by Crippen LogP contribution is 2.14. The van der Waals surface area contributed by atoms with Crippen LogP contribution in [0.15, 0.2) is 28.7 Å². The fraction of sp³-hybridized carbons (Fsp3) is 0.286. The maximum absolute atomic E-state index is 11.9. The van der Waals surface area contributed by atoms with Crippen LogP contribution in [0.25, 0.3) is 0 Å². The molecule has 0 saturated heterocycles. The summed E-state index contributed by atoms with van der Waals surface area (Å²) >= 11 is 4.40. The molecule has 116 valence electrons. The lowest BCUT2D eigenvalue weighted by molar-refractivity contribution is -0.116. The first kappa shape index (κ1) is 16.6. The molecule has 0 aliphatic carbocycles. The zero-order valence-corrected chi connectivity index (χ0v) is 14.3. The first-order valence-corrected chi connectivity index (χ1v) is 8.31. The molecule has 2 rings (SSSR count). The number of benzene rings is 1. The third-order valence-electron chi connectivity index (χ3n) is 2.86. The molecule has 2 N–H and O–H groups in total. The summed E-state index contributed by atoms with van der Waals surface area (Å²) in [6.45, 7) is 2.18. The van der Waals surface area contributed by atoms with Gasteiger partial charge in [-0.05, 0) is 42.2 Å². The second-order valence-corrected chi connectivity index (χ2v) is 6.13. The summed E-state index contributed by atoms with van der Waals surface area (Å²) in [5.41, 5.74) is 1.40. The van der Waals surface area contributed by atoms with E-state index in [1.54, 1.807) is 12.1 Å². The Morgan fingerprint density at radius 1 is 1.27 bits per heavy atom. The van der Waals surface area contributed by atoms with Crippen molar-refractivity contribution in [3.63, 3.8) is 0 Å². The number of amides is 2. The monoisotopic (exact) mass is 382 g/mol. The number of aryl methyl sites for hydroxylation is 1. The van der Waals surface area contributed by atoms with E-state index in [9.17, 15) is 9.59 Å². The third kappa shape index (κ3) is 4.60. The molecule has 0 saturated carbocycles. The Labute approximate surface area is 140 Å². The summed E-state index contributed by atoms with van der Waals surface area (Å²) in [6, 6.07) is 7.30. The average Bonchev–Trinajstić information content (AvgIpc) is 2.98. The molecule has 0 aliphatic heterocycles. The van der Waals surface area contributed by atoms with E-state index >= 15 is 0 Å². The molecule has 0 unspecified atom stereocenters. The Balaban J connectivity index is 1.77. The van der Waals surface area contributed by atoms with Gasteiger partial charge >= 0.3 is 0 Å². The summed E-state index contributed by atoms with van der Waals surface area (Å²) in [7, 11) is 0. The van der Waals surface area contributed by atoms with Crippen LogP contribution in [-0.2, 0) is 11.2 Å². The van der Waals surface area contributed by atoms with E-state index in [1.165, 1.54) is 0 Å². The van der Waals surface area contributed by atoms with Crippen LogP contribution in [0.2, 0.25) is 0 Å². The maximum atomic E-state index is 11.9. The minimum atomic E-state index is -0.233. The van der Waals surface area contributed by atoms with Crippen LogP contribution in [0.5, 0.6) is 0 Å². The van der Waals surface area contributed by atoms with Gasteiger partial charge in [0.15, 0.2) is 0 Å². The second-order valence-electron chi connectivity index (χ2n) is 4.46. The van der Waals surface area contributed by atoms with Crippen molar-refractivity contribution in [3.05, 3.63) is 39.3 Å². The molecule has 0 radical (unpaired) electrons. The lowest BCUT2D eigenvalue weighted by atomic mass is 10.3. The topological polar surface area (TPSA) is 84.0 Å². The van der Waals surface area contributed by atoms with E-state index in [4.69, 9.17) is 0 Å². The number of anilines is 1. The number of hydrogen-bond acceptors (Lipinski definition) is 5. The van der Waals surface area contributed by atoms with Crippen molar-refractivity contribution in [1.29, 1.82) is 0 Å². The number of halogens is 1. The Morgan fingerprint density at radius 3 is 2.68 bits per heavy atom. The molecule has 1 aromatic carbocycles. The van der Waals surface area contributed by atoms with Crippen LogP contribution in [0, 0.1) is 0 Å². The predicted octanol–water partition coefficient (Wildman–Crippen LogP) is 2.62. The number of carbonyl (C=O) groups is 2. The summed E-state index contributed by atoms with van der Waals surface area (Å²) in [4.78, 5) is 24.2. The van der Waals surface area contributed by atoms with Gasteiger partial charge in [-0.3, -0.25) is 9.59 Å². The fourth-order valence-electron chi connectivity index (χ4n) is 1.74. The Kier molecular flexibility index (Phi) is 6.02. The largest absolute Gasteiger partial charge is 0.351 e. The lowest BCUT2D eigenvalue weighted by Crippen LogP contribution is -2.27. The van der Waals surface area contributed by atoms with Crippen molar-refractivity contribution >= 4 is 45.0 Å². The van der Waals surface area contributed by atoms with Crippen molar-refractivity contribution in [2.75, 3.05) is 11.9 Å². The lowest BCUT2D eigenvalue weighted by Gasteiger charge is -2.06. The van der Waals surface area contributed by atoms with Gasteiger partial charge in [0.05, 0.1) is 5.69 Å². The van der Waals surface area contributed by atoms with E-state index in [0.717, 1.165) is 21.7 Å². The summed E-state index contributed by atoms with van der Waals surface area (Å²) < 4.78 is 4.71. The number of aromatic nitrogens is 2. The number of hydrogen-bond donors (Lipinski definition) is 2. The molecule has 0 aliphatic rings. The smallest absolute Gasteiger partial charge is 0.264 e. The normalized spacial score (nSPS) is 10.3. The molecule has 0 fully saturated rings.